The van der Waals surface area contributed by atoms with Crippen molar-refractivity contribution in [1.82, 2.24) is 5.32 Å². The number of aliphatic hydroxyl groups excluding tert-OH is 1. The monoisotopic (exact) mass is 228 g/mol. The fourth-order valence-electron chi connectivity index (χ4n) is 2.40. The van der Waals surface area contributed by atoms with E-state index in [-0.39, 0.29) is 24.0 Å². The van der Waals surface area contributed by atoms with Crippen molar-refractivity contribution in [2.75, 3.05) is 13.2 Å². The maximum atomic E-state index is 12.2. The molecule has 0 spiro atoms. The number of nitrogens with two attached hydrogens (primary N) is 1. The normalized spacial score (nSPS) is 21.4. The average molecular weight is 228 g/mol. The van der Waals surface area contributed by atoms with Gasteiger partial charge >= 0.3 is 0 Å². The van der Waals surface area contributed by atoms with Gasteiger partial charge in [0.1, 0.15) is 0 Å². The van der Waals surface area contributed by atoms with E-state index in [9.17, 15) is 4.79 Å². The first-order valence-electron chi connectivity index (χ1n) is 6.26. The minimum absolute atomic E-state index is 0.0304. The van der Waals surface area contributed by atoms with Crippen LogP contribution in [0.15, 0.2) is 0 Å². The van der Waals surface area contributed by atoms with Crippen LogP contribution >= 0.6 is 0 Å². The highest BCUT2D eigenvalue weighted by atomic mass is 16.3. The summed E-state index contributed by atoms with van der Waals surface area (Å²) >= 11 is 0. The number of amides is 1. The number of nitrogens with one attached hydrogen (secondary N) is 1. The van der Waals surface area contributed by atoms with Crippen molar-refractivity contribution in [1.29, 1.82) is 0 Å². The summed E-state index contributed by atoms with van der Waals surface area (Å²) in [7, 11) is 0. The first-order chi connectivity index (χ1) is 7.64. The van der Waals surface area contributed by atoms with E-state index >= 15 is 0 Å². The Morgan fingerprint density at radius 2 is 2.06 bits per heavy atom. The van der Waals surface area contributed by atoms with E-state index < -0.39 is 0 Å². The first-order valence-corrected chi connectivity index (χ1v) is 6.26. The van der Waals surface area contributed by atoms with Gasteiger partial charge in [0.05, 0.1) is 5.41 Å². The van der Waals surface area contributed by atoms with Crippen molar-refractivity contribution in [2.45, 2.75) is 51.5 Å². The Labute approximate surface area is 97.6 Å². The van der Waals surface area contributed by atoms with Gasteiger partial charge in [0.15, 0.2) is 0 Å². The molecule has 1 amide bonds. The summed E-state index contributed by atoms with van der Waals surface area (Å²) in [5.74, 6) is 0.0793. The molecule has 16 heavy (non-hydrogen) atoms. The van der Waals surface area contributed by atoms with Gasteiger partial charge in [-0.15, -0.1) is 0 Å². The molecule has 0 aliphatic heterocycles. The molecule has 4 heteroatoms. The topological polar surface area (TPSA) is 75.3 Å². The van der Waals surface area contributed by atoms with E-state index in [4.69, 9.17) is 10.8 Å². The Kier molecular flexibility index (Phi) is 5.22. The lowest BCUT2D eigenvalue weighted by Gasteiger charge is -2.35. The van der Waals surface area contributed by atoms with Gasteiger partial charge in [-0.25, -0.2) is 0 Å². The molecule has 4 nitrogen and oxygen atoms in total. The summed E-state index contributed by atoms with van der Waals surface area (Å²) in [6.07, 6.45) is 5.81. The molecule has 0 radical (unpaired) electrons. The van der Waals surface area contributed by atoms with Gasteiger partial charge in [-0.05, 0) is 26.2 Å². The van der Waals surface area contributed by atoms with Crippen LogP contribution in [0.4, 0.5) is 0 Å². The fourth-order valence-corrected chi connectivity index (χ4v) is 2.40. The third-order valence-corrected chi connectivity index (χ3v) is 3.62. The molecular formula is C12H24N2O2. The number of carbonyl (C=O) groups is 1. The lowest BCUT2D eigenvalue weighted by atomic mass is 9.73. The molecule has 0 aromatic carbocycles. The largest absolute Gasteiger partial charge is 0.396 e. The summed E-state index contributed by atoms with van der Waals surface area (Å²) in [5, 5.41) is 11.8. The van der Waals surface area contributed by atoms with Crippen molar-refractivity contribution in [2.24, 2.45) is 11.1 Å². The van der Waals surface area contributed by atoms with Crippen LogP contribution in [0.1, 0.15) is 45.4 Å². The van der Waals surface area contributed by atoms with Crippen LogP contribution in [-0.4, -0.2) is 30.2 Å². The molecule has 0 heterocycles. The molecule has 0 saturated heterocycles. The molecule has 0 bridgehead atoms. The maximum Gasteiger partial charge on any atom is 0.227 e. The molecule has 1 atom stereocenters. The number of aliphatic hydroxyl groups is 1. The highest BCUT2D eigenvalue weighted by Gasteiger charge is 2.38. The Morgan fingerprint density at radius 1 is 1.44 bits per heavy atom. The van der Waals surface area contributed by atoms with E-state index in [1.54, 1.807) is 0 Å². The molecule has 4 N–H and O–H groups in total. The first kappa shape index (κ1) is 13.5. The van der Waals surface area contributed by atoms with Gasteiger partial charge in [-0.2, -0.15) is 0 Å². The highest BCUT2D eigenvalue weighted by Crippen LogP contribution is 2.35. The summed E-state index contributed by atoms with van der Waals surface area (Å²) < 4.78 is 0. The molecule has 1 saturated carbocycles. The van der Waals surface area contributed by atoms with Crippen LogP contribution in [-0.2, 0) is 4.79 Å². The predicted octanol–water partition coefficient (Wildman–Crippen LogP) is 0.783. The van der Waals surface area contributed by atoms with Gasteiger partial charge in [-0.3, -0.25) is 4.79 Å². The zero-order valence-corrected chi connectivity index (χ0v) is 10.2. The highest BCUT2D eigenvalue weighted by molar-refractivity contribution is 5.83. The van der Waals surface area contributed by atoms with E-state index in [0.717, 1.165) is 25.7 Å². The Hall–Kier alpha value is -0.610. The minimum atomic E-state index is -0.345. The molecule has 0 aromatic heterocycles. The van der Waals surface area contributed by atoms with Crippen LogP contribution in [0.25, 0.3) is 0 Å². The van der Waals surface area contributed by atoms with Crippen molar-refractivity contribution in [3.8, 4) is 0 Å². The smallest absolute Gasteiger partial charge is 0.227 e. The van der Waals surface area contributed by atoms with Gasteiger partial charge in [0, 0.05) is 19.2 Å². The van der Waals surface area contributed by atoms with Gasteiger partial charge in [0.25, 0.3) is 0 Å². The van der Waals surface area contributed by atoms with E-state index in [1.807, 2.05) is 6.92 Å². The molecule has 1 fully saturated rings. The Bertz CT molecular complexity index is 225. The van der Waals surface area contributed by atoms with Crippen molar-refractivity contribution in [3.63, 3.8) is 0 Å². The predicted molar refractivity (Wildman–Crippen MR) is 63.9 cm³/mol. The van der Waals surface area contributed by atoms with Crippen LogP contribution < -0.4 is 11.1 Å². The lowest BCUT2D eigenvalue weighted by molar-refractivity contribution is -0.133. The summed E-state index contributed by atoms with van der Waals surface area (Å²) in [6, 6.07) is 0.0304. The zero-order valence-electron chi connectivity index (χ0n) is 10.2. The second-order valence-electron chi connectivity index (χ2n) is 4.93. The van der Waals surface area contributed by atoms with Crippen LogP contribution in [0, 0.1) is 5.41 Å². The van der Waals surface area contributed by atoms with Gasteiger partial charge in [0.2, 0.25) is 5.91 Å². The van der Waals surface area contributed by atoms with Crippen LogP contribution in [0.5, 0.6) is 0 Å². The second kappa shape index (κ2) is 6.21. The zero-order chi connectivity index (χ0) is 12.0. The van der Waals surface area contributed by atoms with Crippen LogP contribution in [0.3, 0.4) is 0 Å². The molecule has 1 aliphatic rings. The Morgan fingerprint density at radius 3 is 2.56 bits per heavy atom. The third kappa shape index (κ3) is 3.19. The van der Waals surface area contributed by atoms with Gasteiger partial charge < -0.3 is 16.2 Å². The summed E-state index contributed by atoms with van der Waals surface area (Å²) in [4.78, 5) is 12.2. The van der Waals surface area contributed by atoms with E-state index in [1.165, 1.54) is 6.42 Å². The molecule has 1 aliphatic carbocycles. The van der Waals surface area contributed by atoms with Gasteiger partial charge in [-0.1, -0.05) is 19.3 Å². The quantitative estimate of drug-likeness (QED) is 0.651. The summed E-state index contributed by atoms with van der Waals surface area (Å²) in [5.41, 5.74) is 5.43. The second-order valence-corrected chi connectivity index (χ2v) is 4.93. The minimum Gasteiger partial charge on any atom is -0.396 e. The van der Waals surface area contributed by atoms with E-state index in [2.05, 4.69) is 5.32 Å². The standard InChI is InChI=1S/C12H24N2O2/c1-10(5-8-15)14-11(16)12(9-13)6-3-2-4-7-12/h10,15H,2-9,13H2,1H3,(H,14,16). The molecule has 1 rings (SSSR count). The Balaban J connectivity index is 2.54. The fraction of sp³-hybridized carbons (Fsp3) is 0.917. The number of rotatable bonds is 5. The SMILES string of the molecule is CC(CCO)NC(=O)C1(CN)CCCCC1. The van der Waals surface area contributed by atoms with E-state index in [0.29, 0.717) is 13.0 Å². The average Bonchev–Trinajstić information content (AvgIpc) is 2.30. The molecule has 94 valence electrons. The van der Waals surface area contributed by atoms with Crippen molar-refractivity contribution < 1.29 is 9.90 Å². The number of carbonyl (C=O) groups excluding carboxylic acids is 1. The summed E-state index contributed by atoms with van der Waals surface area (Å²) in [6.45, 7) is 2.46. The van der Waals surface area contributed by atoms with Crippen LogP contribution in [0.2, 0.25) is 0 Å². The molecule has 1 unspecified atom stereocenters. The number of hydrogen-bond acceptors (Lipinski definition) is 3. The lowest BCUT2D eigenvalue weighted by Crippen LogP contribution is -2.49. The molecular weight excluding hydrogens is 204 g/mol. The third-order valence-electron chi connectivity index (χ3n) is 3.62. The number of hydrogen-bond donors (Lipinski definition) is 3. The molecule has 0 aromatic rings. The maximum absolute atomic E-state index is 12.2. The van der Waals surface area contributed by atoms with Crippen molar-refractivity contribution >= 4 is 5.91 Å². The van der Waals surface area contributed by atoms with Crippen molar-refractivity contribution in [3.05, 3.63) is 0 Å².